The number of imidazole rings is 1. The number of hydrogen-bond donors (Lipinski definition) is 2. The molecule has 0 saturated heterocycles. The first-order valence-electron chi connectivity index (χ1n) is 6.73. The van der Waals surface area contributed by atoms with Crippen molar-refractivity contribution in [3.63, 3.8) is 0 Å². The topological polar surface area (TPSA) is 73.6 Å². The van der Waals surface area contributed by atoms with Gasteiger partial charge in [-0.25, -0.2) is 9.63 Å². The van der Waals surface area contributed by atoms with Crippen LogP contribution in [0.5, 0.6) is 0 Å². The van der Waals surface area contributed by atoms with E-state index >= 15 is 0 Å². The third kappa shape index (κ3) is 2.21. The minimum atomic E-state index is -0.0997. The zero-order valence-corrected chi connectivity index (χ0v) is 11.7. The number of nitrogens with one attached hydrogen (secondary N) is 2. The average molecular weight is 291 g/mol. The van der Waals surface area contributed by atoms with Crippen molar-refractivity contribution in [3.8, 4) is 6.07 Å². The van der Waals surface area contributed by atoms with Crippen LogP contribution >= 0.6 is 11.8 Å². The Labute approximate surface area is 121 Å². The summed E-state index contributed by atoms with van der Waals surface area (Å²) >= 11 is 5.66. The fourth-order valence-corrected chi connectivity index (χ4v) is 3.22. The molecule has 0 bridgehead atoms. The molecule has 2 N–H and O–H groups in total. The third-order valence-corrected chi connectivity index (χ3v) is 4.37. The van der Waals surface area contributed by atoms with Crippen LogP contribution in [-0.4, -0.2) is 15.6 Å². The molecule has 1 fully saturated rings. The highest BCUT2D eigenvalue weighted by Gasteiger charge is 2.24. The highest BCUT2D eigenvalue weighted by Crippen LogP contribution is 2.30. The van der Waals surface area contributed by atoms with Crippen LogP contribution in [0.4, 0.5) is 0 Å². The van der Waals surface area contributed by atoms with E-state index in [1.165, 1.54) is 0 Å². The second-order valence-corrected chi connectivity index (χ2v) is 5.48. The minimum absolute atomic E-state index is 0.0997. The molecule has 104 valence electrons. The molecular weight excluding hydrogens is 276 g/mol. The highest BCUT2D eigenvalue weighted by molar-refractivity contribution is 6.13. The molecule has 2 aromatic rings. The molecule has 1 heterocycles. The van der Waals surface area contributed by atoms with Crippen molar-refractivity contribution in [1.82, 2.24) is 14.4 Å². The number of nitrogens with zero attached hydrogens (tertiary/aromatic N) is 2. The van der Waals surface area contributed by atoms with Gasteiger partial charge < -0.3 is 4.98 Å². The summed E-state index contributed by atoms with van der Waals surface area (Å²) in [5, 5.41) is 8.91. The molecule has 3 rings (SSSR count). The molecule has 20 heavy (non-hydrogen) atoms. The summed E-state index contributed by atoms with van der Waals surface area (Å²) in [6, 6.07) is 7.93. The van der Waals surface area contributed by atoms with Crippen molar-refractivity contribution in [2.75, 3.05) is 0 Å². The standard InChI is InChI=1S/C14H15ClN4O/c15-18-10-2-4-11(5-3-10)19-13-6-1-9(8-16)7-12(13)17-14(19)20/h1,6-7,10-11,18H,2-5H2,(H,17,20). The number of hydrogen-bond acceptors (Lipinski definition) is 3. The molecule has 0 spiro atoms. The van der Waals surface area contributed by atoms with E-state index in [1.807, 2.05) is 10.6 Å². The molecule has 6 heteroatoms. The van der Waals surface area contributed by atoms with E-state index in [4.69, 9.17) is 17.0 Å². The third-order valence-electron chi connectivity index (χ3n) is 4.06. The Kier molecular flexibility index (Phi) is 3.51. The van der Waals surface area contributed by atoms with E-state index in [2.05, 4.69) is 15.9 Å². The van der Waals surface area contributed by atoms with Crippen molar-refractivity contribution in [2.24, 2.45) is 0 Å². The van der Waals surface area contributed by atoms with Crippen LogP contribution < -0.4 is 10.5 Å². The maximum atomic E-state index is 12.2. The summed E-state index contributed by atoms with van der Waals surface area (Å²) in [5.41, 5.74) is 2.06. The van der Waals surface area contributed by atoms with Crippen molar-refractivity contribution >= 4 is 22.8 Å². The zero-order chi connectivity index (χ0) is 14.1. The maximum absolute atomic E-state index is 12.2. The first-order chi connectivity index (χ1) is 9.72. The monoisotopic (exact) mass is 290 g/mol. The van der Waals surface area contributed by atoms with E-state index in [0.717, 1.165) is 36.7 Å². The van der Waals surface area contributed by atoms with Gasteiger partial charge in [-0.15, -0.1) is 0 Å². The van der Waals surface area contributed by atoms with Gasteiger partial charge in [0.2, 0.25) is 0 Å². The van der Waals surface area contributed by atoms with E-state index in [1.54, 1.807) is 12.1 Å². The number of benzene rings is 1. The largest absolute Gasteiger partial charge is 0.326 e. The Morgan fingerprint density at radius 2 is 2.10 bits per heavy atom. The summed E-state index contributed by atoms with van der Waals surface area (Å²) in [4.78, 5) is 17.8. The molecule has 1 aromatic heterocycles. The molecule has 0 aliphatic heterocycles. The van der Waals surface area contributed by atoms with Crippen molar-refractivity contribution in [2.45, 2.75) is 37.8 Å². The first-order valence-corrected chi connectivity index (χ1v) is 7.11. The fraction of sp³-hybridized carbons (Fsp3) is 0.429. The smallest absolute Gasteiger partial charge is 0.305 e. The van der Waals surface area contributed by atoms with Crippen molar-refractivity contribution in [3.05, 3.63) is 34.2 Å². The zero-order valence-electron chi connectivity index (χ0n) is 10.9. The Balaban J connectivity index is 1.98. The van der Waals surface area contributed by atoms with Crippen LogP contribution in [0.25, 0.3) is 11.0 Å². The van der Waals surface area contributed by atoms with Gasteiger partial charge in [0.1, 0.15) is 0 Å². The van der Waals surface area contributed by atoms with E-state index < -0.39 is 0 Å². The molecule has 5 nitrogen and oxygen atoms in total. The number of fused-ring (bicyclic) bond motifs is 1. The summed E-state index contributed by atoms with van der Waals surface area (Å²) in [5.74, 6) is 0. The van der Waals surface area contributed by atoms with Gasteiger partial charge in [0.05, 0.1) is 22.7 Å². The van der Waals surface area contributed by atoms with Gasteiger partial charge in [0.15, 0.2) is 0 Å². The van der Waals surface area contributed by atoms with Gasteiger partial charge in [-0.05, 0) is 55.7 Å². The predicted octanol–water partition coefficient (Wildman–Crippen LogP) is 2.43. The molecule has 1 aliphatic rings. The van der Waals surface area contributed by atoms with E-state index in [-0.39, 0.29) is 11.7 Å². The summed E-state index contributed by atoms with van der Waals surface area (Å²) in [7, 11) is 0. The quantitative estimate of drug-likeness (QED) is 0.834. The molecule has 0 atom stereocenters. The number of rotatable bonds is 2. The van der Waals surface area contributed by atoms with Gasteiger partial charge in [-0.3, -0.25) is 4.57 Å². The number of H-pyrrole nitrogens is 1. The molecule has 1 saturated carbocycles. The van der Waals surface area contributed by atoms with E-state index in [9.17, 15) is 4.79 Å². The fourth-order valence-electron chi connectivity index (χ4n) is 3.01. The molecule has 0 amide bonds. The van der Waals surface area contributed by atoms with Crippen molar-refractivity contribution in [1.29, 1.82) is 5.26 Å². The Morgan fingerprint density at radius 1 is 1.35 bits per heavy atom. The predicted molar refractivity (Wildman–Crippen MR) is 77.6 cm³/mol. The normalized spacial score (nSPS) is 22.8. The molecule has 1 aliphatic carbocycles. The van der Waals surface area contributed by atoms with Gasteiger partial charge in [-0.2, -0.15) is 5.26 Å². The lowest BCUT2D eigenvalue weighted by Crippen LogP contribution is -2.31. The second-order valence-electron chi connectivity index (χ2n) is 5.26. The van der Waals surface area contributed by atoms with Crippen LogP contribution in [0.1, 0.15) is 37.3 Å². The van der Waals surface area contributed by atoms with Crippen molar-refractivity contribution < 1.29 is 0 Å². The minimum Gasteiger partial charge on any atom is -0.305 e. The summed E-state index contributed by atoms with van der Waals surface area (Å²) in [6.45, 7) is 0. The number of aromatic nitrogens is 2. The maximum Gasteiger partial charge on any atom is 0.326 e. The van der Waals surface area contributed by atoms with E-state index in [0.29, 0.717) is 11.6 Å². The Hall–Kier alpha value is -1.77. The second kappa shape index (κ2) is 5.31. The summed E-state index contributed by atoms with van der Waals surface area (Å²) in [6.07, 6.45) is 3.78. The highest BCUT2D eigenvalue weighted by atomic mass is 35.5. The van der Waals surface area contributed by atoms with Gasteiger partial charge in [0, 0.05) is 12.1 Å². The van der Waals surface area contributed by atoms with Crippen LogP contribution in [-0.2, 0) is 0 Å². The summed E-state index contributed by atoms with van der Waals surface area (Å²) < 4.78 is 1.82. The average Bonchev–Trinajstić information content (AvgIpc) is 2.82. The van der Waals surface area contributed by atoms with Gasteiger partial charge in [0.25, 0.3) is 0 Å². The van der Waals surface area contributed by atoms with Crippen LogP contribution in [0.15, 0.2) is 23.0 Å². The molecular formula is C14H15ClN4O. The van der Waals surface area contributed by atoms with Gasteiger partial charge >= 0.3 is 5.69 Å². The SMILES string of the molecule is N#Cc1ccc2c(c1)[nH]c(=O)n2C1CCC(NCl)CC1. The lowest BCUT2D eigenvalue weighted by Gasteiger charge is -2.28. The Bertz CT molecular complexity index is 719. The van der Waals surface area contributed by atoms with Crippen LogP contribution in [0.2, 0.25) is 0 Å². The Morgan fingerprint density at radius 3 is 2.75 bits per heavy atom. The van der Waals surface area contributed by atoms with Crippen LogP contribution in [0.3, 0.4) is 0 Å². The molecule has 1 aromatic carbocycles. The number of aromatic amines is 1. The first kappa shape index (κ1) is 13.2. The van der Waals surface area contributed by atoms with Gasteiger partial charge in [-0.1, -0.05) is 0 Å². The lowest BCUT2D eigenvalue weighted by atomic mass is 9.91. The number of halogens is 1. The molecule has 0 unspecified atom stereocenters. The van der Waals surface area contributed by atoms with Crippen LogP contribution in [0, 0.1) is 11.3 Å². The number of nitriles is 1. The lowest BCUT2D eigenvalue weighted by molar-refractivity contribution is 0.314. The molecule has 0 radical (unpaired) electrons.